The summed E-state index contributed by atoms with van der Waals surface area (Å²) in [7, 11) is -3.50. The maximum absolute atomic E-state index is 12.3. The summed E-state index contributed by atoms with van der Waals surface area (Å²) < 4.78 is 26.3. The average Bonchev–Trinajstić information content (AvgIpc) is 3.09. The zero-order chi connectivity index (χ0) is 20.1. The first-order valence-corrected chi connectivity index (χ1v) is 10.2. The number of H-pyrrole nitrogens is 1. The van der Waals surface area contributed by atoms with Gasteiger partial charge in [0.25, 0.3) is 0 Å². The van der Waals surface area contributed by atoms with Gasteiger partial charge in [0.1, 0.15) is 5.82 Å². The van der Waals surface area contributed by atoms with E-state index in [0.717, 1.165) is 5.56 Å². The number of anilines is 1. The fraction of sp³-hybridized carbons (Fsp3) is 0.211. The van der Waals surface area contributed by atoms with Gasteiger partial charge in [-0.05, 0) is 36.8 Å². The third kappa shape index (κ3) is 4.81. The van der Waals surface area contributed by atoms with Crippen molar-refractivity contribution in [2.24, 2.45) is 0 Å². The van der Waals surface area contributed by atoms with Crippen molar-refractivity contribution in [1.82, 2.24) is 19.9 Å². The summed E-state index contributed by atoms with van der Waals surface area (Å²) in [5.41, 5.74) is 2.14. The summed E-state index contributed by atoms with van der Waals surface area (Å²) in [5, 5.41) is 9.74. The van der Waals surface area contributed by atoms with Crippen LogP contribution in [0.15, 0.2) is 53.4 Å². The largest absolute Gasteiger partial charge is 0.326 e. The number of aryl methyl sites for hydroxylation is 1. The first-order chi connectivity index (χ1) is 13.4. The van der Waals surface area contributed by atoms with Crippen molar-refractivity contribution in [3.8, 4) is 11.4 Å². The fourth-order valence-corrected chi connectivity index (χ4v) is 3.70. The Morgan fingerprint density at radius 2 is 1.89 bits per heavy atom. The number of nitrogens with one attached hydrogen (secondary N) is 3. The lowest BCUT2D eigenvalue weighted by atomic mass is 10.1. The van der Waals surface area contributed by atoms with Crippen molar-refractivity contribution in [3.63, 3.8) is 0 Å². The molecule has 0 atom stereocenters. The Labute approximate surface area is 163 Å². The number of hydrogen-bond acceptors (Lipinski definition) is 5. The van der Waals surface area contributed by atoms with Gasteiger partial charge in [-0.25, -0.2) is 18.1 Å². The van der Waals surface area contributed by atoms with Crippen LogP contribution in [0.3, 0.4) is 0 Å². The van der Waals surface area contributed by atoms with E-state index in [0.29, 0.717) is 29.4 Å². The molecule has 9 heteroatoms. The Balaban J connectivity index is 1.66. The molecule has 0 unspecified atom stereocenters. The molecule has 1 amide bonds. The van der Waals surface area contributed by atoms with Crippen LogP contribution >= 0.6 is 0 Å². The highest BCUT2D eigenvalue weighted by molar-refractivity contribution is 7.89. The van der Waals surface area contributed by atoms with Crippen LogP contribution in [0.5, 0.6) is 0 Å². The molecule has 1 heterocycles. The van der Waals surface area contributed by atoms with Gasteiger partial charge in [0.05, 0.1) is 11.3 Å². The Morgan fingerprint density at radius 1 is 1.14 bits per heavy atom. The second kappa shape index (κ2) is 8.32. The van der Waals surface area contributed by atoms with Crippen LogP contribution in [0.4, 0.5) is 5.69 Å². The molecule has 0 bridgehead atoms. The van der Waals surface area contributed by atoms with Crippen molar-refractivity contribution in [2.45, 2.75) is 25.2 Å². The zero-order valence-corrected chi connectivity index (χ0v) is 16.4. The lowest BCUT2D eigenvalue weighted by Gasteiger charge is -2.08. The Hall–Kier alpha value is -3.04. The molecule has 0 saturated carbocycles. The summed E-state index contributed by atoms with van der Waals surface area (Å²) >= 11 is 0. The molecule has 3 aromatic rings. The van der Waals surface area contributed by atoms with E-state index in [1.54, 1.807) is 31.2 Å². The molecule has 0 saturated heterocycles. The molecule has 0 aliphatic carbocycles. The van der Waals surface area contributed by atoms with Crippen molar-refractivity contribution in [1.29, 1.82) is 0 Å². The summed E-state index contributed by atoms with van der Waals surface area (Å²) in [6.07, 6.45) is 0.130. The number of amides is 1. The second-order valence-electron chi connectivity index (χ2n) is 6.20. The number of aromatic nitrogens is 3. The van der Waals surface area contributed by atoms with Crippen LogP contribution in [0.1, 0.15) is 18.3 Å². The van der Waals surface area contributed by atoms with Crippen LogP contribution in [0.2, 0.25) is 0 Å². The number of aromatic amines is 1. The smallest absolute Gasteiger partial charge is 0.240 e. The minimum Gasteiger partial charge on any atom is -0.326 e. The topological polar surface area (TPSA) is 117 Å². The Bertz CT molecular complexity index is 1070. The molecule has 146 valence electrons. The van der Waals surface area contributed by atoms with Gasteiger partial charge in [0.2, 0.25) is 15.9 Å². The van der Waals surface area contributed by atoms with E-state index in [9.17, 15) is 13.2 Å². The summed E-state index contributed by atoms with van der Waals surface area (Å²) in [4.78, 5) is 16.8. The van der Waals surface area contributed by atoms with Crippen LogP contribution in [-0.2, 0) is 21.2 Å². The van der Waals surface area contributed by atoms with Gasteiger partial charge in [-0.3, -0.25) is 9.89 Å². The standard InChI is InChI=1S/C19H21N5O3S/c1-3-20-28(26,27)17-9-7-14(8-10-17)11-18(25)22-16-6-4-5-15(12-16)19-21-13(2)23-24-19/h4-10,12,20H,3,11H2,1-2H3,(H,22,25)(H,21,23,24). The molecule has 0 spiro atoms. The maximum Gasteiger partial charge on any atom is 0.240 e. The molecule has 3 N–H and O–H groups in total. The molecule has 0 aliphatic rings. The fourth-order valence-electron chi connectivity index (χ4n) is 2.66. The van der Waals surface area contributed by atoms with E-state index in [2.05, 4.69) is 25.2 Å². The molecular formula is C19H21N5O3S. The van der Waals surface area contributed by atoms with Gasteiger partial charge < -0.3 is 5.32 Å². The van der Waals surface area contributed by atoms with Gasteiger partial charge in [-0.15, -0.1) is 0 Å². The van der Waals surface area contributed by atoms with Gasteiger partial charge in [-0.2, -0.15) is 5.10 Å². The first kappa shape index (κ1) is 19.7. The van der Waals surface area contributed by atoms with Crippen LogP contribution < -0.4 is 10.0 Å². The monoisotopic (exact) mass is 399 g/mol. The number of carbonyl (C=O) groups excluding carboxylic acids is 1. The highest BCUT2D eigenvalue weighted by Crippen LogP contribution is 2.19. The van der Waals surface area contributed by atoms with E-state index in [1.807, 2.05) is 19.1 Å². The minimum atomic E-state index is -3.50. The van der Waals surface area contributed by atoms with Crippen molar-refractivity contribution >= 4 is 21.6 Å². The van der Waals surface area contributed by atoms with Gasteiger partial charge in [0.15, 0.2) is 5.82 Å². The normalized spacial score (nSPS) is 11.4. The molecule has 0 fully saturated rings. The summed E-state index contributed by atoms with van der Waals surface area (Å²) in [6, 6.07) is 13.5. The molecule has 2 aromatic carbocycles. The predicted octanol–water partition coefficient (Wildman–Crippen LogP) is 2.26. The van der Waals surface area contributed by atoms with Gasteiger partial charge >= 0.3 is 0 Å². The number of rotatable bonds is 7. The number of carbonyl (C=O) groups is 1. The molecule has 28 heavy (non-hydrogen) atoms. The lowest BCUT2D eigenvalue weighted by Crippen LogP contribution is -2.23. The highest BCUT2D eigenvalue weighted by Gasteiger charge is 2.13. The quantitative estimate of drug-likeness (QED) is 0.563. The van der Waals surface area contributed by atoms with Gasteiger partial charge in [-0.1, -0.05) is 31.2 Å². The number of hydrogen-bond donors (Lipinski definition) is 3. The van der Waals surface area contributed by atoms with Crippen molar-refractivity contribution < 1.29 is 13.2 Å². The molecule has 0 aliphatic heterocycles. The third-order valence-corrected chi connectivity index (χ3v) is 5.50. The molecule has 8 nitrogen and oxygen atoms in total. The van der Waals surface area contributed by atoms with E-state index in [4.69, 9.17) is 0 Å². The SMILES string of the molecule is CCNS(=O)(=O)c1ccc(CC(=O)Nc2cccc(-c3n[nH]c(C)n3)c2)cc1. The first-order valence-electron chi connectivity index (χ1n) is 8.75. The third-order valence-electron chi connectivity index (χ3n) is 3.93. The van der Waals surface area contributed by atoms with Crippen LogP contribution in [0, 0.1) is 6.92 Å². The maximum atomic E-state index is 12.3. The molecule has 3 rings (SSSR count). The van der Waals surface area contributed by atoms with E-state index >= 15 is 0 Å². The number of sulfonamides is 1. The van der Waals surface area contributed by atoms with Crippen LogP contribution in [0.25, 0.3) is 11.4 Å². The predicted molar refractivity (Wildman–Crippen MR) is 106 cm³/mol. The Morgan fingerprint density at radius 3 is 2.54 bits per heavy atom. The molecule has 1 aromatic heterocycles. The van der Waals surface area contributed by atoms with Gasteiger partial charge in [0, 0.05) is 17.8 Å². The minimum absolute atomic E-state index is 0.130. The molecular weight excluding hydrogens is 378 g/mol. The zero-order valence-electron chi connectivity index (χ0n) is 15.6. The van der Waals surface area contributed by atoms with E-state index in [1.165, 1.54) is 12.1 Å². The van der Waals surface area contributed by atoms with E-state index in [-0.39, 0.29) is 17.2 Å². The Kier molecular flexibility index (Phi) is 5.86. The summed E-state index contributed by atoms with van der Waals surface area (Å²) in [5.74, 6) is 1.07. The van der Waals surface area contributed by atoms with Crippen molar-refractivity contribution in [2.75, 3.05) is 11.9 Å². The second-order valence-corrected chi connectivity index (χ2v) is 7.96. The summed E-state index contributed by atoms with van der Waals surface area (Å²) in [6.45, 7) is 3.85. The van der Waals surface area contributed by atoms with E-state index < -0.39 is 10.0 Å². The lowest BCUT2D eigenvalue weighted by molar-refractivity contribution is -0.115. The average molecular weight is 399 g/mol. The molecule has 0 radical (unpaired) electrons. The number of nitrogens with zero attached hydrogens (tertiary/aromatic N) is 2. The highest BCUT2D eigenvalue weighted by atomic mass is 32.2. The number of benzene rings is 2. The van der Waals surface area contributed by atoms with Crippen LogP contribution in [-0.4, -0.2) is 36.1 Å². The van der Waals surface area contributed by atoms with Crippen molar-refractivity contribution in [3.05, 3.63) is 59.9 Å².